The molecule has 0 atom stereocenters. The van der Waals surface area contributed by atoms with E-state index in [0.717, 1.165) is 24.2 Å². The Morgan fingerprint density at radius 2 is 1.59 bits per heavy atom. The maximum Gasteiger partial charge on any atom is 0.330 e. The van der Waals surface area contributed by atoms with Gasteiger partial charge in [-0.1, -0.05) is 24.3 Å². The first-order valence-corrected chi connectivity index (χ1v) is 15.7. The smallest absolute Gasteiger partial charge is 0.328 e. The van der Waals surface area contributed by atoms with E-state index in [-0.39, 0.29) is 0 Å². The van der Waals surface area contributed by atoms with Gasteiger partial charge in [0.25, 0.3) is 0 Å². The van der Waals surface area contributed by atoms with Gasteiger partial charge in [0.05, 0.1) is 80.0 Å². The maximum atomic E-state index is 13.1. The highest BCUT2D eigenvalue weighted by molar-refractivity contribution is 14.1. The highest BCUT2D eigenvalue weighted by Crippen LogP contribution is 2.48. The maximum absolute atomic E-state index is 13.1. The van der Waals surface area contributed by atoms with Crippen LogP contribution in [0.25, 0.3) is 10.8 Å². The molecule has 0 saturated carbocycles. The Bertz CT molecular complexity index is 1090. The van der Waals surface area contributed by atoms with Crippen molar-refractivity contribution in [2.24, 2.45) is 0 Å². The van der Waals surface area contributed by atoms with Crippen molar-refractivity contribution in [3.8, 4) is 0 Å². The van der Waals surface area contributed by atoms with Crippen LogP contribution in [0, 0.1) is 0 Å². The number of rotatable bonds is 15. The van der Waals surface area contributed by atoms with Crippen molar-refractivity contribution in [3.05, 3.63) is 36.4 Å². The van der Waals surface area contributed by atoms with Gasteiger partial charge in [0.1, 0.15) is 0 Å². The number of anilines is 1. The molecule has 0 aliphatic carbocycles. The van der Waals surface area contributed by atoms with E-state index < -0.39 is 17.6 Å². The molecule has 192 valence electrons. The summed E-state index contributed by atoms with van der Waals surface area (Å²) >= 11 is 2.18. The number of hydrogen-bond acceptors (Lipinski definition) is 6. The molecule has 8 nitrogen and oxygen atoms in total. The fourth-order valence-corrected chi connectivity index (χ4v) is 7.29. The lowest BCUT2D eigenvalue weighted by atomic mass is 10.1. The molecule has 0 bridgehead atoms. The van der Waals surface area contributed by atoms with E-state index in [1.807, 2.05) is 48.3 Å². The molecule has 1 N–H and O–H groups in total. The van der Waals surface area contributed by atoms with Crippen LogP contribution in [0.2, 0.25) is 0 Å². The zero-order chi connectivity index (χ0) is 25.4. The molecule has 0 saturated heterocycles. The van der Waals surface area contributed by atoms with E-state index in [1.165, 1.54) is 0 Å². The number of quaternary nitrogens is 1. The second-order valence-corrected chi connectivity index (χ2v) is 14.1. The predicted octanol–water partition coefficient (Wildman–Crippen LogP) is 5.03. The largest absolute Gasteiger partial charge is 0.330 e. The van der Waals surface area contributed by atoms with Crippen LogP contribution >= 0.6 is 30.5 Å². The van der Waals surface area contributed by atoms with Crippen LogP contribution in [-0.2, 0) is 23.6 Å². The third-order valence-corrected chi connectivity index (χ3v) is 9.77. The number of fused-ring (bicyclic) bond motifs is 1. The van der Waals surface area contributed by atoms with Crippen molar-refractivity contribution in [2.45, 2.75) is 31.6 Å². The van der Waals surface area contributed by atoms with Crippen LogP contribution in [0.15, 0.2) is 41.3 Å². The van der Waals surface area contributed by atoms with Gasteiger partial charge in [-0.05, 0) is 26.0 Å². The predicted molar refractivity (Wildman–Crippen MR) is 148 cm³/mol. The van der Waals surface area contributed by atoms with Crippen molar-refractivity contribution in [2.75, 3.05) is 63.3 Å². The summed E-state index contributed by atoms with van der Waals surface area (Å²) in [6.45, 7) is 6.29. The van der Waals surface area contributed by atoms with Crippen molar-refractivity contribution in [3.63, 3.8) is 0 Å². The summed E-state index contributed by atoms with van der Waals surface area (Å²) < 4.78 is 54.9. The van der Waals surface area contributed by atoms with Gasteiger partial charge in [-0.25, -0.2) is 13.1 Å². The summed E-state index contributed by atoms with van der Waals surface area (Å²) in [6.07, 6.45) is 1.78. The highest BCUT2D eigenvalue weighted by atomic mass is 127. The first-order valence-electron chi connectivity index (χ1n) is 11.6. The third kappa shape index (κ3) is 8.43. The molecular formula is C23H38IN3O5PS+. The highest BCUT2D eigenvalue weighted by Gasteiger charge is 2.25. The molecule has 11 heteroatoms. The fourth-order valence-electron chi connectivity index (χ4n) is 3.92. The third-order valence-electron chi connectivity index (χ3n) is 5.56. The van der Waals surface area contributed by atoms with Crippen LogP contribution < -0.4 is 7.84 Å². The van der Waals surface area contributed by atoms with Gasteiger partial charge in [0.2, 0.25) is 10.0 Å². The molecule has 0 amide bonds. The normalized spacial score (nSPS) is 12.9. The van der Waals surface area contributed by atoms with Crippen LogP contribution in [-0.4, -0.2) is 73.1 Å². The number of nitrogens with one attached hydrogen (secondary N) is 1. The van der Waals surface area contributed by atoms with Gasteiger partial charge in [0, 0.05) is 37.2 Å². The van der Waals surface area contributed by atoms with Gasteiger partial charge in [-0.15, -0.1) is 0 Å². The fraction of sp³-hybridized carbons (Fsp3) is 0.565. The summed E-state index contributed by atoms with van der Waals surface area (Å²) in [6, 6.07) is 11.1. The first-order chi connectivity index (χ1) is 15.9. The monoisotopic (exact) mass is 626 g/mol. The quantitative estimate of drug-likeness (QED) is 0.0983. The Hall–Kier alpha value is -0.750. The number of sulfonamides is 1. The summed E-state index contributed by atoms with van der Waals surface area (Å²) in [4.78, 5) is 0.293. The second kappa shape index (κ2) is 13.0. The molecule has 0 radical (unpaired) electrons. The standard InChI is InChI=1S/C23H38IN3O5PS/c1-6-31-33(28,32-7-2)19-11-18-27(4,5)17-10-16-25-34(29,30)23-15-9-12-20-21(23)13-8-14-22(20)26(3)24/h8-9,12-15,25H,6-7,10-11,16-19H2,1-5H3/q+1. The number of hydrogen-bond donors (Lipinski definition) is 1. The van der Waals surface area contributed by atoms with E-state index in [0.29, 0.717) is 53.5 Å². The Labute approximate surface area is 218 Å². The van der Waals surface area contributed by atoms with Crippen molar-refractivity contribution < 1.29 is 26.5 Å². The Morgan fingerprint density at radius 1 is 1.00 bits per heavy atom. The van der Waals surface area contributed by atoms with Gasteiger partial charge in [0.15, 0.2) is 0 Å². The molecule has 0 fully saturated rings. The van der Waals surface area contributed by atoms with E-state index in [2.05, 4.69) is 41.7 Å². The van der Waals surface area contributed by atoms with Crippen LogP contribution in [0.5, 0.6) is 0 Å². The zero-order valence-electron chi connectivity index (χ0n) is 20.8. The van der Waals surface area contributed by atoms with Crippen molar-refractivity contribution >= 4 is 56.9 Å². The van der Waals surface area contributed by atoms with Gasteiger partial charge >= 0.3 is 7.60 Å². The average Bonchev–Trinajstić information content (AvgIpc) is 2.76. The van der Waals surface area contributed by atoms with Crippen molar-refractivity contribution in [1.82, 2.24) is 4.72 Å². The molecule has 0 aliphatic heterocycles. The average molecular weight is 627 g/mol. The molecular weight excluding hydrogens is 588 g/mol. The number of benzene rings is 2. The minimum atomic E-state index is -3.64. The van der Waals surface area contributed by atoms with Gasteiger partial charge < -0.3 is 16.6 Å². The summed E-state index contributed by atoms with van der Waals surface area (Å²) in [5.41, 5.74) is 0.965. The van der Waals surface area contributed by atoms with Gasteiger partial charge in [-0.3, -0.25) is 4.57 Å². The SMILES string of the molecule is CCOP(=O)(CCC[N+](C)(C)CCCNS(=O)(=O)c1cccc2c(N(C)I)cccc12)OCC. The molecule has 34 heavy (non-hydrogen) atoms. The van der Waals surface area contributed by atoms with E-state index in [9.17, 15) is 13.0 Å². The molecule has 0 aromatic heterocycles. The van der Waals surface area contributed by atoms with E-state index in [1.54, 1.807) is 12.1 Å². The first kappa shape index (κ1) is 29.5. The van der Waals surface area contributed by atoms with Crippen molar-refractivity contribution in [1.29, 1.82) is 0 Å². The molecule has 0 aliphatic rings. The molecule has 0 heterocycles. The molecule has 2 aromatic rings. The summed E-state index contributed by atoms with van der Waals surface area (Å²) in [5.74, 6) is 0. The number of nitrogens with zero attached hydrogens (tertiary/aromatic N) is 2. The lowest BCUT2D eigenvalue weighted by Gasteiger charge is -2.30. The summed E-state index contributed by atoms with van der Waals surface area (Å²) in [5, 5.41) is 1.61. The van der Waals surface area contributed by atoms with Crippen LogP contribution in [0.1, 0.15) is 26.7 Å². The van der Waals surface area contributed by atoms with Crippen LogP contribution in [0.4, 0.5) is 5.69 Å². The molecule has 0 spiro atoms. The summed E-state index contributed by atoms with van der Waals surface area (Å²) in [7, 11) is -0.559. The Kier molecular flexibility index (Phi) is 11.3. The lowest BCUT2D eigenvalue weighted by molar-refractivity contribution is -0.890. The minimum Gasteiger partial charge on any atom is -0.328 e. The lowest BCUT2D eigenvalue weighted by Crippen LogP contribution is -2.42. The topological polar surface area (TPSA) is 84.9 Å². The number of halogens is 1. The molecule has 2 rings (SSSR count). The van der Waals surface area contributed by atoms with Gasteiger partial charge in [-0.2, -0.15) is 0 Å². The molecule has 2 aromatic carbocycles. The Balaban J connectivity index is 1.94. The zero-order valence-corrected chi connectivity index (χ0v) is 24.7. The Morgan fingerprint density at radius 3 is 2.21 bits per heavy atom. The molecule has 0 unspecified atom stereocenters. The second-order valence-electron chi connectivity index (χ2n) is 8.76. The minimum absolute atomic E-state index is 0.293. The van der Waals surface area contributed by atoms with E-state index >= 15 is 0 Å². The van der Waals surface area contributed by atoms with Crippen LogP contribution in [0.3, 0.4) is 0 Å². The van der Waals surface area contributed by atoms with E-state index in [4.69, 9.17) is 9.05 Å².